The van der Waals surface area contributed by atoms with Gasteiger partial charge in [-0.3, -0.25) is 9.69 Å². The molecule has 0 aliphatic carbocycles. The molecule has 1 fully saturated rings. The first-order chi connectivity index (χ1) is 23.4. The number of esters is 1. The first-order valence-electron chi connectivity index (χ1n) is 15.9. The first kappa shape index (κ1) is 33.9. The fraction of sp³-hybridized carbons (Fsp3) is 0.263. The van der Waals surface area contributed by atoms with Gasteiger partial charge in [-0.15, -0.1) is 11.8 Å². The van der Waals surface area contributed by atoms with Crippen LogP contribution in [0.5, 0.6) is 5.75 Å². The summed E-state index contributed by atoms with van der Waals surface area (Å²) in [6, 6.07) is 31.6. The van der Waals surface area contributed by atoms with Crippen molar-refractivity contribution in [1.29, 1.82) is 0 Å². The molecule has 0 bridgehead atoms. The number of rotatable bonds is 11. The molecule has 4 aromatic carbocycles. The molecule has 1 aliphatic heterocycles. The fourth-order valence-electron chi connectivity index (χ4n) is 6.37. The summed E-state index contributed by atoms with van der Waals surface area (Å²) in [5, 5.41) is 1.63. The minimum absolute atomic E-state index is 0.0290. The second-order valence-corrected chi connectivity index (χ2v) is 13.5. The zero-order valence-electron chi connectivity index (χ0n) is 26.8. The maximum atomic E-state index is 13.9. The lowest BCUT2D eigenvalue weighted by Crippen LogP contribution is -2.50. The van der Waals surface area contributed by atoms with Crippen LogP contribution in [0.2, 0.25) is 10.0 Å². The molecular weight excluding hydrogens is 665 g/mol. The number of amides is 1. The van der Waals surface area contributed by atoms with E-state index >= 15 is 0 Å². The van der Waals surface area contributed by atoms with Gasteiger partial charge in [0.2, 0.25) is 5.91 Å². The molecule has 6 rings (SSSR count). The lowest BCUT2D eigenvalue weighted by molar-refractivity contribution is -0.130. The average Bonchev–Trinajstić information content (AvgIpc) is 3.49. The van der Waals surface area contributed by atoms with Gasteiger partial charge < -0.3 is 19.4 Å². The largest absolute Gasteiger partial charge is 0.497 e. The molecule has 2 heterocycles. The van der Waals surface area contributed by atoms with Crippen LogP contribution in [0.3, 0.4) is 0 Å². The zero-order chi connectivity index (χ0) is 33.6. The maximum Gasteiger partial charge on any atom is 0.355 e. The Hall–Kier alpha value is -3.95. The minimum Gasteiger partial charge on any atom is -0.497 e. The van der Waals surface area contributed by atoms with Crippen LogP contribution in [0.4, 0.5) is 0 Å². The number of carbonyl (C=O) groups excluding carboxylic acids is 2. The third-order valence-corrected chi connectivity index (χ3v) is 10.5. The number of hydrogen-bond donors (Lipinski definition) is 1. The summed E-state index contributed by atoms with van der Waals surface area (Å²) in [5.41, 5.74) is 4.94. The van der Waals surface area contributed by atoms with Crippen LogP contribution >= 0.6 is 35.0 Å². The van der Waals surface area contributed by atoms with Gasteiger partial charge in [0.25, 0.3) is 0 Å². The van der Waals surface area contributed by atoms with E-state index in [2.05, 4.69) is 40.2 Å². The summed E-state index contributed by atoms with van der Waals surface area (Å²) in [6.07, 6.45) is 0. The van der Waals surface area contributed by atoms with Crippen LogP contribution in [-0.4, -0.2) is 72.3 Å². The molecule has 1 saturated heterocycles. The van der Waals surface area contributed by atoms with Gasteiger partial charge in [0, 0.05) is 52.7 Å². The van der Waals surface area contributed by atoms with Gasteiger partial charge in [0.15, 0.2) is 0 Å². The third kappa shape index (κ3) is 7.37. The van der Waals surface area contributed by atoms with E-state index in [9.17, 15) is 9.59 Å². The Morgan fingerprint density at radius 3 is 2.31 bits per heavy atom. The molecule has 1 N–H and O–H groups in total. The molecule has 5 aromatic rings. The van der Waals surface area contributed by atoms with E-state index in [0.717, 1.165) is 22.0 Å². The van der Waals surface area contributed by atoms with Crippen molar-refractivity contribution in [1.82, 2.24) is 14.8 Å². The Morgan fingerprint density at radius 2 is 1.60 bits per heavy atom. The summed E-state index contributed by atoms with van der Waals surface area (Å²) >= 11 is 14.6. The molecule has 48 heavy (non-hydrogen) atoms. The van der Waals surface area contributed by atoms with Crippen molar-refractivity contribution in [3.8, 4) is 5.75 Å². The van der Waals surface area contributed by atoms with Crippen molar-refractivity contribution >= 4 is 57.7 Å². The lowest BCUT2D eigenvalue weighted by atomic mass is 9.96. The minimum atomic E-state index is -0.463. The van der Waals surface area contributed by atoms with Crippen molar-refractivity contribution in [3.05, 3.63) is 135 Å². The fourth-order valence-corrected chi connectivity index (χ4v) is 8.17. The SMILES string of the molecule is CCOC(=O)c1[nH]c2ccc(OC)cc2c1[C@@H](SCC(=O)N1CCN([C@@H](c2ccccc2)c2cccc(Cl)c2)CC1)c1ccccc1Cl. The number of aromatic amines is 1. The van der Waals surface area contributed by atoms with Crippen LogP contribution in [0.25, 0.3) is 10.9 Å². The van der Waals surface area contributed by atoms with Gasteiger partial charge in [-0.05, 0) is 60.0 Å². The van der Waals surface area contributed by atoms with Gasteiger partial charge in [-0.1, -0.05) is 83.9 Å². The van der Waals surface area contributed by atoms with Crippen LogP contribution < -0.4 is 4.74 Å². The number of halogens is 2. The molecule has 1 aromatic heterocycles. The molecule has 10 heteroatoms. The smallest absolute Gasteiger partial charge is 0.355 e. The van der Waals surface area contributed by atoms with E-state index < -0.39 is 11.2 Å². The highest BCUT2D eigenvalue weighted by atomic mass is 35.5. The van der Waals surface area contributed by atoms with E-state index in [-0.39, 0.29) is 24.3 Å². The summed E-state index contributed by atoms with van der Waals surface area (Å²) in [7, 11) is 1.61. The number of thioether (sulfide) groups is 1. The molecule has 248 valence electrons. The third-order valence-electron chi connectivity index (χ3n) is 8.66. The maximum absolute atomic E-state index is 13.9. The van der Waals surface area contributed by atoms with Crippen LogP contribution in [0.15, 0.2) is 97.1 Å². The van der Waals surface area contributed by atoms with E-state index in [1.807, 2.05) is 71.6 Å². The number of fused-ring (bicyclic) bond motifs is 1. The first-order valence-corrected chi connectivity index (χ1v) is 17.7. The number of aromatic nitrogens is 1. The Balaban J connectivity index is 1.25. The Labute approximate surface area is 295 Å². The lowest BCUT2D eigenvalue weighted by Gasteiger charge is -2.40. The Kier molecular flexibility index (Phi) is 11.0. The molecule has 0 unspecified atom stereocenters. The van der Waals surface area contributed by atoms with Crippen molar-refractivity contribution in [2.24, 2.45) is 0 Å². The predicted octanol–water partition coefficient (Wildman–Crippen LogP) is 8.42. The number of ether oxygens (including phenoxy) is 2. The van der Waals surface area contributed by atoms with E-state index in [4.69, 9.17) is 32.7 Å². The highest BCUT2D eigenvalue weighted by Gasteiger charge is 2.32. The van der Waals surface area contributed by atoms with Crippen molar-refractivity contribution in [2.45, 2.75) is 18.2 Å². The number of H-pyrrole nitrogens is 1. The normalized spacial score (nSPS) is 14.9. The van der Waals surface area contributed by atoms with Crippen molar-refractivity contribution in [2.75, 3.05) is 45.6 Å². The quantitative estimate of drug-likeness (QED) is 0.139. The number of carbonyl (C=O) groups is 2. The topological polar surface area (TPSA) is 74.9 Å². The molecular formula is C38H37Cl2N3O4S. The molecule has 0 saturated carbocycles. The number of hydrogen-bond acceptors (Lipinski definition) is 6. The number of piperazine rings is 1. The standard InChI is InChI=1S/C38H37Cl2N3O4S/c1-3-47-38(45)35-34(30-23-28(46-2)16-17-32(30)41-35)37(29-14-7-8-15-31(29)40)48-24-33(44)42-18-20-43(21-19-42)36(25-10-5-4-6-11-25)26-12-9-13-27(39)22-26/h4-17,22-23,36-37,41H,3,18-21,24H2,1-2H3/t36-,37-/m0/s1. The van der Waals surface area contributed by atoms with Crippen LogP contribution in [-0.2, 0) is 9.53 Å². The molecule has 0 spiro atoms. The van der Waals surface area contributed by atoms with E-state index in [1.54, 1.807) is 14.0 Å². The van der Waals surface area contributed by atoms with Crippen LogP contribution in [0, 0.1) is 0 Å². The monoisotopic (exact) mass is 701 g/mol. The van der Waals surface area contributed by atoms with Gasteiger partial charge >= 0.3 is 5.97 Å². The van der Waals surface area contributed by atoms with Gasteiger partial charge in [-0.25, -0.2) is 4.79 Å². The van der Waals surface area contributed by atoms with Crippen molar-refractivity contribution < 1.29 is 19.1 Å². The summed E-state index contributed by atoms with van der Waals surface area (Å²) in [4.78, 5) is 34.8. The second kappa shape index (κ2) is 15.5. The highest BCUT2D eigenvalue weighted by Crippen LogP contribution is 2.45. The Morgan fingerprint density at radius 1 is 0.875 bits per heavy atom. The average molecular weight is 703 g/mol. The van der Waals surface area contributed by atoms with Gasteiger partial charge in [0.1, 0.15) is 11.4 Å². The number of methoxy groups -OCH3 is 1. The molecule has 2 atom stereocenters. The number of nitrogens with zero attached hydrogens (tertiary/aromatic N) is 2. The van der Waals surface area contributed by atoms with E-state index in [1.165, 1.54) is 17.3 Å². The predicted molar refractivity (Wildman–Crippen MR) is 194 cm³/mol. The molecule has 1 amide bonds. The van der Waals surface area contributed by atoms with E-state index in [0.29, 0.717) is 53.2 Å². The van der Waals surface area contributed by atoms with Crippen molar-refractivity contribution in [3.63, 3.8) is 0 Å². The highest BCUT2D eigenvalue weighted by molar-refractivity contribution is 8.00. The van der Waals surface area contributed by atoms with Crippen LogP contribution in [0.1, 0.15) is 51.0 Å². The molecule has 0 radical (unpaired) electrons. The molecule has 7 nitrogen and oxygen atoms in total. The summed E-state index contributed by atoms with van der Waals surface area (Å²) in [6.45, 7) is 4.63. The molecule has 1 aliphatic rings. The summed E-state index contributed by atoms with van der Waals surface area (Å²) in [5.74, 6) is 0.424. The summed E-state index contributed by atoms with van der Waals surface area (Å²) < 4.78 is 11.0. The van der Waals surface area contributed by atoms with Gasteiger partial charge in [0.05, 0.1) is 30.8 Å². The second-order valence-electron chi connectivity index (χ2n) is 11.5. The number of nitrogens with one attached hydrogen (secondary N) is 1. The van der Waals surface area contributed by atoms with Gasteiger partial charge in [-0.2, -0.15) is 0 Å². The number of benzene rings is 4. The zero-order valence-corrected chi connectivity index (χ0v) is 29.2. The Bertz CT molecular complexity index is 1890.